The van der Waals surface area contributed by atoms with E-state index in [9.17, 15) is 14.4 Å². The van der Waals surface area contributed by atoms with Crippen molar-refractivity contribution in [2.24, 2.45) is 0 Å². The molecule has 0 N–H and O–H groups in total. The Bertz CT molecular complexity index is 1780. The number of rotatable bonds is 9. The Kier molecular flexibility index (Phi) is 8.32. The third-order valence-electron chi connectivity index (χ3n) is 9.53. The summed E-state index contributed by atoms with van der Waals surface area (Å²) < 4.78 is 11.5. The Morgan fingerprint density at radius 2 is 1.33 bits per heavy atom. The van der Waals surface area contributed by atoms with E-state index in [2.05, 4.69) is 52.0 Å². The molecule has 46 heavy (non-hydrogen) atoms. The molecular formula is C40H41NO5. The molecular weight excluding hydrogens is 574 g/mol. The van der Waals surface area contributed by atoms with E-state index in [1.165, 1.54) is 16.0 Å². The minimum Gasteiger partial charge on any atom is -0.493 e. The summed E-state index contributed by atoms with van der Waals surface area (Å²) >= 11 is 0. The summed E-state index contributed by atoms with van der Waals surface area (Å²) in [4.78, 5) is 39.2. The fourth-order valence-electron chi connectivity index (χ4n) is 6.68. The van der Waals surface area contributed by atoms with Gasteiger partial charge in [0.05, 0.1) is 29.9 Å². The van der Waals surface area contributed by atoms with Gasteiger partial charge in [-0.15, -0.1) is 0 Å². The maximum Gasteiger partial charge on any atom is 0.338 e. The summed E-state index contributed by atoms with van der Waals surface area (Å²) in [7, 11) is 0. The molecule has 4 aromatic rings. The van der Waals surface area contributed by atoms with Crippen molar-refractivity contribution in [1.29, 1.82) is 0 Å². The lowest BCUT2D eigenvalue weighted by atomic mass is 9.63. The number of ether oxygens (including phenoxy) is 2. The van der Waals surface area contributed by atoms with Crippen molar-refractivity contribution in [2.75, 3.05) is 19.8 Å². The van der Waals surface area contributed by atoms with Gasteiger partial charge < -0.3 is 9.47 Å². The van der Waals surface area contributed by atoms with Gasteiger partial charge in [-0.3, -0.25) is 14.5 Å². The molecule has 0 fully saturated rings. The highest BCUT2D eigenvalue weighted by Gasteiger charge is 2.37. The Hall–Kier alpha value is -4.71. The van der Waals surface area contributed by atoms with E-state index >= 15 is 0 Å². The van der Waals surface area contributed by atoms with Gasteiger partial charge in [0.25, 0.3) is 11.8 Å². The standard InChI is InChI=1S/C40H41NO5/c1-6-45-38(44)27-14-12-26(13-15-27)28-17-19-35(46-23-9-22-41-36(42)30-10-7-8-11-31(30)37(41)43)32(24-28)29-16-18-33-34(25-29)40(4,5)21-20-39(33,2)3/h7-8,10-19,24-25H,6,9,20-23H2,1-5H3. The van der Waals surface area contributed by atoms with E-state index in [1.54, 1.807) is 43.3 Å². The molecule has 0 unspecified atom stereocenters. The minimum absolute atomic E-state index is 0.0504. The molecule has 0 saturated carbocycles. The van der Waals surface area contributed by atoms with Gasteiger partial charge in [-0.25, -0.2) is 4.79 Å². The van der Waals surface area contributed by atoms with E-state index in [4.69, 9.17) is 9.47 Å². The number of nitrogens with zero attached hydrogens (tertiary/aromatic N) is 1. The summed E-state index contributed by atoms with van der Waals surface area (Å²) in [6, 6.07) is 27.4. The first-order valence-electron chi connectivity index (χ1n) is 16.2. The van der Waals surface area contributed by atoms with Crippen LogP contribution < -0.4 is 4.74 Å². The number of carbonyl (C=O) groups excluding carboxylic acids is 3. The summed E-state index contributed by atoms with van der Waals surface area (Å²) in [5.74, 6) is -0.0974. The molecule has 6 rings (SSSR count). The Balaban J connectivity index is 1.29. The van der Waals surface area contributed by atoms with Crippen LogP contribution in [0.25, 0.3) is 22.3 Å². The van der Waals surface area contributed by atoms with Gasteiger partial charge in [0, 0.05) is 12.1 Å². The van der Waals surface area contributed by atoms with Gasteiger partial charge in [0.15, 0.2) is 0 Å². The second-order valence-electron chi connectivity index (χ2n) is 13.5. The fourth-order valence-corrected chi connectivity index (χ4v) is 6.68. The smallest absolute Gasteiger partial charge is 0.338 e. The molecule has 0 radical (unpaired) electrons. The molecule has 0 aromatic heterocycles. The van der Waals surface area contributed by atoms with Gasteiger partial charge in [0.1, 0.15) is 5.75 Å². The quantitative estimate of drug-likeness (QED) is 0.107. The maximum atomic E-state index is 12.8. The molecule has 1 aliphatic carbocycles. The SMILES string of the molecule is CCOC(=O)c1ccc(-c2ccc(OCCCN3C(=O)c4ccccc4C3=O)c(-c3ccc4c(c3)C(C)(C)CCC4(C)C)c2)cc1. The molecule has 1 heterocycles. The lowest BCUT2D eigenvalue weighted by Gasteiger charge is -2.42. The number of imide groups is 1. The highest BCUT2D eigenvalue weighted by molar-refractivity contribution is 6.21. The molecule has 4 aromatic carbocycles. The Morgan fingerprint density at radius 3 is 1.98 bits per heavy atom. The van der Waals surface area contributed by atoms with Crippen molar-refractivity contribution in [1.82, 2.24) is 4.90 Å². The molecule has 236 valence electrons. The van der Waals surface area contributed by atoms with Crippen LogP contribution in [0.3, 0.4) is 0 Å². The number of fused-ring (bicyclic) bond motifs is 2. The van der Waals surface area contributed by atoms with Crippen LogP contribution in [-0.2, 0) is 15.6 Å². The zero-order valence-electron chi connectivity index (χ0n) is 27.3. The van der Waals surface area contributed by atoms with E-state index < -0.39 is 0 Å². The van der Waals surface area contributed by atoms with E-state index in [0.717, 1.165) is 40.8 Å². The van der Waals surface area contributed by atoms with Crippen LogP contribution in [0.4, 0.5) is 0 Å². The third kappa shape index (κ3) is 5.84. The van der Waals surface area contributed by atoms with Gasteiger partial charge in [0.2, 0.25) is 0 Å². The summed E-state index contributed by atoms with van der Waals surface area (Å²) in [6.07, 6.45) is 2.77. The molecule has 0 spiro atoms. The molecule has 6 heteroatoms. The monoisotopic (exact) mass is 615 g/mol. The molecule has 6 nitrogen and oxygen atoms in total. The van der Waals surface area contributed by atoms with E-state index in [0.29, 0.717) is 36.3 Å². The molecule has 0 saturated heterocycles. The third-order valence-corrected chi connectivity index (χ3v) is 9.53. The summed E-state index contributed by atoms with van der Waals surface area (Å²) in [6.45, 7) is 12.1. The predicted molar refractivity (Wildman–Crippen MR) is 180 cm³/mol. The average molecular weight is 616 g/mol. The first kappa shape index (κ1) is 31.3. The minimum atomic E-state index is -0.334. The van der Waals surface area contributed by atoms with Crippen molar-refractivity contribution in [2.45, 2.75) is 64.7 Å². The van der Waals surface area contributed by atoms with Crippen molar-refractivity contribution in [3.63, 3.8) is 0 Å². The van der Waals surface area contributed by atoms with Crippen molar-refractivity contribution < 1.29 is 23.9 Å². The second kappa shape index (κ2) is 12.2. The fraction of sp³-hybridized carbons (Fsp3) is 0.325. The molecule has 2 aliphatic rings. The van der Waals surface area contributed by atoms with Crippen LogP contribution in [-0.4, -0.2) is 42.4 Å². The van der Waals surface area contributed by atoms with Gasteiger partial charge >= 0.3 is 5.97 Å². The van der Waals surface area contributed by atoms with Crippen LogP contribution in [0, 0.1) is 0 Å². The van der Waals surface area contributed by atoms with E-state index in [-0.39, 0.29) is 35.2 Å². The number of carbonyl (C=O) groups is 3. The van der Waals surface area contributed by atoms with Crippen molar-refractivity contribution in [3.05, 3.63) is 113 Å². The zero-order chi connectivity index (χ0) is 32.6. The topological polar surface area (TPSA) is 72.9 Å². The molecule has 0 atom stereocenters. The highest BCUT2D eigenvalue weighted by Crippen LogP contribution is 2.47. The van der Waals surface area contributed by atoms with Crippen LogP contribution in [0.1, 0.15) is 96.1 Å². The van der Waals surface area contributed by atoms with Crippen molar-refractivity contribution >= 4 is 17.8 Å². The normalized spacial score (nSPS) is 16.2. The van der Waals surface area contributed by atoms with Gasteiger partial charge in [-0.05, 0) is 101 Å². The molecule has 0 bridgehead atoms. The highest BCUT2D eigenvalue weighted by atomic mass is 16.5. The lowest BCUT2D eigenvalue weighted by molar-refractivity contribution is 0.0525. The van der Waals surface area contributed by atoms with E-state index in [1.807, 2.05) is 24.3 Å². The van der Waals surface area contributed by atoms with Gasteiger partial charge in [-0.1, -0.05) is 76.2 Å². The Morgan fingerprint density at radius 1 is 0.717 bits per heavy atom. The van der Waals surface area contributed by atoms with Crippen molar-refractivity contribution in [3.8, 4) is 28.0 Å². The first-order chi connectivity index (χ1) is 22.0. The summed E-state index contributed by atoms with van der Waals surface area (Å²) in [5, 5.41) is 0. The number of esters is 1. The average Bonchev–Trinajstić information content (AvgIpc) is 3.30. The van der Waals surface area contributed by atoms with Crippen LogP contribution in [0.15, 0.2) is 84.9 Å². The second-order valence-corrected chi connectivity index (χ2v) is 13.5. The number of benzene rings is 4. The van der Waals surface area contributed by atoms with Gasteiger partial charge in [-0.2, -0.15) is 0 Å². The van der Waals surface area contributed by atoms with Crippen LogP contribution in [0.2, 0.25) is 0 Å². The number of amides is 2. The van der Waals surface area contributed by atoms with Crippen LogP contribution >= 0.6 is 0 Å². The summed E-state index contributed by atoms with van der Waals surface area (Å²) in [5.41, 5.74) is 8.36. The lowest BCUT2D eigenvalue weighted by Crippen LogP contribution is -2.33. The number of hydrogen-bond donors (Lipinski definition) is 0. The largest absolute Gasteiger partial charge is 0.493 e. The predicted octanol–water partition coefficient (Wildman–Crippen LogP) is 8.61. The number of hydrogen-bond acceptors (Lipinski definition) is 5. The van der Waals surface area contributed by atoms with Crippen LogP contribution in [0.5, 0.6) is 5.75 Å². The maximum absolute atomic E-state index is 12.8. The zero-order valence-corrected chi connectivity index (χ0v) is 27.3. The molecule has 1 aliphatic heterocycles. The first-order valence-corrected chi connectivity index (χ1v) is 16.2. The Labute approximate surface area is 271 Å². The molecule has 2 amide bonds.